The molecule has 0 saturated carbocycles. The summed E-state index contributed by atoms with van der Waals surface area (Å²) in [4.78, 5) is 2.40. The Kier molecular flexibility index (Phi) is 5.18. The summed E-state index contributed by atoms with van der Waals surface area (Å²) in [6.45, 7) is 1.45. The molecule has 0 aliphatic heterocycles. The predicted octanol–water partition coefficient (Wildman–Crippen LogP) is 1.27. The van der Waals surface area contributed by atoms with E-state index in [1.165, 1.54) is 0 Å². The van der Waals surface area contributed by atoms with Gasteiger partial charge in [0.1, 0.15) is 11.6 Å². The molecule has 0 amide bonds. The predicted molar refractivity (Wildman–Crippen MR) is 72.9 cm³/mol. The molecule has 0 fully saturated rings. The summed E-state index contributed by atoms with van der Waals surface area (Å²) >= 11 is 4.91. The Morgan fingerprint density at radius 1 is 1.35 bits per heavy atom. The van der Waals surface area contributed by atoms with Crippen molar-refractivity contribution in [3.63, 3.8) is 0 Å². The minimum atomic E-state index is 0.350. The fraction of sp³-hybridized carbons (Fsp3) is 0.417. The van der Waals surface area contributed by atoms with Gasteiger partial charge in [-0.2, -0.15) is 0 Å². The third-order valence-corrected chi connectivity index (χ3v) is 2.48. The second kappa shape index (κ2) is 6.42. The van der Waals surface area contributed by atoms with E-state index in [0.29, 0.717) is 23.1 Å². The van der Waals surface area contributed by atoms with Gasteiger partial charge in [-0.15, -0.1) is 0 Å². The van der Waals surface area contributed by atoms with Crippen LogP contribution in [0.5, 0.6) is 11.5 Å². The first-order chi connectivity index (χ1) is 8.04. The number of hydrogen-bond acceptors (Lipinski definition) is 4. The zero-order chi connectivity index (χ0) is 12.8. The Morgan fingerprint density at radius 3 is 2.59 bits per heavy atom. The standard InChI is InChI=1S/C12H18N2O2S/c1-14(2)6-7-16-10-5-4-9(12(13)17)8-11(10)15-3/h4-5,8H,6-7H2,1-3H3,(H2,13,17). The van der Waals surface area contributed by atoms with Gasteiger partial charge in [0, 0.05) is 12.1 Å². The summed E-state index contributed by atoms with van der Waals surface area (Å²) in [7, 11) is 5.59. The molecule has 0 aromatic heterocycles. The lowest BCUT2D eigenvalue weighted by atomic mass is 10.2. The van der Waals surface area contributed by atoms with Crippen LogP contribution in [0.15, 0.2) is 18.2 Å². The number of nitrogens with two attached hydrogens (primary N) is 1. The van der Waals surface area contributed by atoms with E-state index in [1.807, 2.05) is 26.2 Å². The van der Waals surface area contributed by atoms with Crippen LogP contribution in [-0.4, -0.2) is 44.2 Å². The average Bonchev–Trinajstić information content (AvgIpc) is 2.28. The normalized spacial score (nSPS) is 10.4. The van der Waals surface area contributed by atoms with Gasteiger partial charge in [0.2, 0.25) is 0 Å². The maximum Gasteiger partial charge on any atom is 0.161 e. The molecule has 0 heterocycles. The van der Waals surface area contributed by atoms with Crippen molar-refractivity contribution < 1.29 is 9.47 Å². The minimum absolute atomic E-state index is 0.350. The Labute approximate surface area is 107 Å². The molecule has 0 radical (unpaired) electrons. The topological polar surface area (TPSA) is 47.7 Å². The van der Waals surface area contributed by atoms with Crippen LogP contribution in [0.3, 0.4) is 0 Å². The van der Waals surface area contributed by atoms with Crippen molar-refractivity contribution in [2.75, 3.05) is 34.4 Å². The highest BCUT2D eigenvalue weighted by Gasteiger charge is 2.07. The van der Waals surface area contributed by atoms with Gasteiger partial charge in [0.15, 0.2) is 11.5 Å². The smallest absolute Gasteiger partial charge is 0.161 e. The van der Waals surface area contributed by atoms with E-state index >= 15 is 0 Å². The number of ether oxygens (including phenoxy) is 2. The summed E-state index contributed by atoms with van der Waals surface area (Å²) < 4.78 is 10.9. The van der Waals surface area contributed by atoms with E-state index in [1.54, 1.807) is 13.2 Å². The molecule has 94 valence electrons. The number of thiocarbonyl (C=S) groups is 1. The second-order valence-corrected chi connectivity index (χ2v) is 4.32. The lowest BCUT2D eigenvalue weighted by molar-refractivity contribution is 0.250. The molecule has 1 rings (SSSR count). The van der Waals surface area contributed by atoms with Gasteiger partial charge < -0.3 is 20.1 Å². The third kappa shape index (κ3) is 4.20. The molecule has 4 nitrogen and oxygen atoms in total. The molecule has 5 heteroatoms. The lowest BCUT2D eigenvalue weighted by Crippen LogP contribution is -2.19. The van der Waals surface area contributed by atoms with Gasteiger partial charge in [0.05, 0.1) is 7.11 Å². The quantitative estimate of drug-likeness (QED) is 0.775. The van der Waals surface area contributed by atoms with Gasteiger partial charge >= 0.3 is 0 Å². The molecule has 0 aliphatic rings. The van der Waals surface area contributed by atoms with Crippen LogP contribution in [0, 0.1) is 0 Å². The van der Waals surface area contributed by atoms with Crippen molar-refractivity contribution in [2.45, 2.75) is 0 Å². The highest BCUT2D eigenvalue weighted by Crippen LogP contribution is 2.27. The molecule has 2 N–H and O–H groups in total. The summed E-state index contributed by atoms with van der Waals surface area (Å²) in [5.41, 5.74) is 6.33. The fourth-order valence-electron chi connectivity index (χ4n) is 1.28. The molecule has 0 aliphatic carbocycles. The Bertz CT molecular complexity index is 394. The molecule has 1 aromatic carbocycles. The van der Waals surface area contributed by atoms with Gasteiger partial charge in [-0.3, -0.25) is 0 Å². The molecule has 1 aromatic rings. The number of hydrogen-bond donors (Lipinski definition) is 1. The van der Waals surface area contributed by atoms with Crippen LogP contribution in [-0.2, 0) is 0 Å². The SMILES string of the molecule is COc1cc(C(N)=S)ccc1OCCN(C)C. The van der Waals surface area contributed by atoms with Crippen LogP contribution < -0.4 is 15.2 Å². The van der Waals surface area contributed by atoms with Crippen molar-refractivity contribution >= 4 is 17.2 Å². The fourth-order valence-corrected chi connectivity index (χ4v) is 1.41. The molecule has 17 heavy (non-hydrogen) atoms. The number of methoxy groups -OCH3 is 1. The first kappa shape index (κ1) is 13.7. The minimum Gasteiger partial charge on any atom is -0.493 e. The number of likely N-dealkylation sites (N-methyl/N-ethyl adjacent to an activating group) is 1. The van der Waals surface area contributed by atoms with Crippen molar-refractivity contribution in [1.82, 2.24) is 4.90 Å². The zero-order valence-electron chi connectivity index (χ0n) is 10.4. The summed E-state index contributed by atoms with van der Waals surface area (Å²) in [6, 6.07) is 5.44. The Morgan fingerprint density at radius 2 is 2.06 bits per heavy atom. The van der Waals surface area contributed by atoms with Crippen LogP contribution in [0.1, 0.15) is 5.56 Å². The van der Waals surface area contributed by atoms with E-state index in [2.05, 4.69) is 4.90 Å². The highest BCUT2D eigenvalue weighted by molar-refractivity contribution is 7.80. The Hall–Kier alpha value is -1.33. The average molecular weight is 254 g/mol. The molecule has 0 unspecified atom stereocenters. The summed E-state index contributed by atoms with van der Waals surface area (Å²) in [5, 5.41) is 0. The van der Waals surface area contributed by atoms with E-state index in [-0.39, 0.29) is 0 Å². The van der Waals surface area contributed by atoms with Crippen molar-refractivity contribution in [3.8, 4) is 11.5 Å². The largest absolute Gasteiger partial charge is 0.493 e. The third-order valence-electron chi connectivity index (χ3n) is 2.24. The molecular formula is C12H18N2O2S. The summed E-state index contributed by atoms with van der Waals surface area (Å²) in [5.74, 6) is 1.35. The zero-order valence-corrected chi connectivity index (χ0v) is 11.2. The first-order valence-electron chi connectivity index (χ1n) is 5.30. The number of nitrogens with zero attached hydrogens (tertiary/aromatic N) is 1. The molecule has 0 saturated heterocycles. The van der Waals surface area contributed by atoms with Gasteiger partial charge in [-0.1, -0.05) is 12.2 Å². The molecular weight excluding hydrogens is 236 g/mol. The Balaban J connectivity index is 2.75. The first-order valence-corrected chi connectivity index (χ1v) is 5.70. The van der Waals surface area contributed by atoms with Crippen LogP contribution in [0.2, 0.25) is 0 Å². The molecule has 0 bridgehead atoms. The van der Waals surface area contributed by atoms with Crippen molar-refractivity contribution in [1.29, 1.82) is 0 Å². The van der Waals surface area contributed by atoms with E-state index in [4.69, 9.17) is 27.4 Å². The van der Waals surface area contributed by atoms with E-state index in [0.717, 1.165) is 12.1 Å². The second-order valence-electron chi connectivity index (χ2n) is 3.88. The maximum atomic E-state index is 5.62. The van der Waals surface area contributed by atoms with E-state index < -0.39 is 0 Å². The van der Waals surface area contributed by atoms with Gasteiger partial charge in [0.25, 0.3) is 0 Å². The van der Waals surface area contributed by atoms with Crippen LogP contribution in [0.25, 0.3) is 0 Å². The summed E-state index contributed by atoms with van der Waals surface area (Å²) in [6.07, 6.45) is 0. The monoisotopic (exact) mass is 254 g/mol. The van der Waals surface area contributed by atoms with E-state index in [9.17, 15) is 0 Å². The molecule has 0 atom stereocenters. The van der Waals surface area contributed by atoms with Crippen LogP contribution in [0.4, 0.5) is 0 Å². The van der Waals surface area contributed by atoms with Crippen molar-refractivity contribution in [3.05, 3.63) is 23.8 Å². The number of rotatable bonds is 6. The van der Waals surface area contributed by atoms with Gasteiger partial charge in [-0.25, -0.2) is 0 Å². The van der Waals surface area contributed by atoms with Gasteiger partial charge in [-0.05, 0) is 32.3 Å². The van der Waals surface area contributed by atoms with Crippen molar-refractivity contribution in [2.24, 2.45) is 5.73 Å². The maximum absolute atomic E-state index is 5.62. The lowest BCUT2D eigenvalue weighted by Gasteiger charge is -2.14. The highest BCUT2D eigenvalue weighted by atomic mass is 32.1. The van der Waals surface area contributed by atoms with Crippen LogP contribution >= 0.6 is 12.2 Å². The number of benzene rings is 1. The molecule has 0 spiro atoms.